The van der Waals surface area contributed by atoms with Crippen molar-refractivity contribution in [1.82, 2.24) is 5.32 Å². The maximum absolute atomic E-state index is 13.3. The van der Waals surface area contributed by atoms with E-state index < -0.39 is 17.1 Å². The van der Waals surface area contributed by atoms with Gasteiger partial charge in [-0.25, -0.2) is 0 Å². The minimum absolute atomic E-state index is 0.101. The number of thioether (sulfide) groups is 1. The molecule has 4 rings (SSSR count). The lowest BCUT2D eigenvalue weighted by molar-refractivity contribution is -0.115. The van der Waals surface area contributed by atoms with Crippen LogP contribution in [0.5, 0.6) is 5.75 Å². The molecular weight excluding hydrogens is 534 g/mol. The van der Waals surface area contributed by atoms with Crippen molar-refractivity contribution in [3.63, 3.8) is 0 Å². The van der Waals surface area contributed by atoms with Crippen molar-refractivity contribution in [3.8, 4) is 5.75 Å². The van der Waals surface area contributed by atoms with Crippen LogP contribution in [0, 0.1) is 0 Å². The fourth-order valence-corrected chi connectivity index (χ4v) is 4.77. The molecule has 8 heteroatoms. The Morgan fingerprint density at radius 1 is 0.829 bits per heavy atom. The van der Waals surface area contributed by atoms with Gasteiger partial charge in [-0.05, 0) is 68.0 Å². The second-order valence-electron chi connectivity index (χ2n) is 8.95. The van der Waals surface area contributed by atoms with Crippen molar-refractivity contribution >= 4 is 46.9 Å². The average Bonchev–Trinajstić information content (AvgIpc) is 2.99. The summed E-state index contributed by atoms with van der Waals surface area (Å²) in [4.78, 5) is 39.9. The number of para-hydroxylation sites is 2. The summed E-state index contributed by atoms with van der Waals surface area (Å²) in [5.74, 6) is -0.422. The Morgan fingerprint density at radius 3 is 2.24 bits per heavy atom. The fourth-order valence-electron chi connectivity index (χ4n) is 3.85. The zero-order valence-electron chi connectivity index (χ0n) is 22.8. The highest BCUT2D eigenvalue weighted by Gasteiger charge is 2.18. The SMILES string of the molecule is CCOc1ccccc1NC(=O)C(C)Sc1cccc(NC(=O)/C(=C/c2ccccc2)NC(=O)c2ccccc2)c1. The van der Waals surface area contributed by atoms with Crippen LogP contribution in [0.3, 0.4) is 0 Å². The molecule has 4 aromatic carbocycles. The van der Waals surface area contributed by atoms with Gasteiger partial charge in [0, 0.05) is 16.1 Å². The maximum Gasteiger partial charge on any atom is 0.272 e. The highest BCUT2D eigenvalue weighted by Crippen LogP contribution is 2.29. The zero-order chi connectivity index (χ0) is 29.0. The summed E-state index contributed by atoms with van der Waals surface area (Å²) in [5, 5.41) is 8.12. The third-order valence-electron chi connectivity index (χ3n) is 5.86. The van der Waals surface area contributed by atoms with Gasteiger partial charge < -0.3 is 20.7 Å². The first-order valence-electron chi connectivity index (χ1n) is 13.2. The van der Waals surface area contributed by atoms with E-state index in [0.717, 1.165) is 10.5 Å². The molecule has 41 heavy (non-hydrogen) atoms. The van der Waals surface area contributed by atoms with Gasteiger partial charge in [0.2, 0.25) is 5.91 Å². The van der Waals surface area contributed by atoms with Crippen LogP contribution < -0.4 is 20.7 Å². The number of anilines is 2. The van der Waals surface area contributed by atoms with Gasteiger partial charge in [0.1, 0.15) is 11.4 Å². The van der Waals surface area contributed by atoms with Crippen molar-refractivity contribution in [1.29, 1.82) is 0 Å². The van der Waals surface area contributed by atoms with Gasteiger partial charge in [-0.1, -0.05) is 66.7 Å². The minimum atomic E-state index is -0.474. The maximum atomic E-state index is 13.3. The van der Waals surface area contributed by atoms with E-state index in [1.807, 2.05) is 74.5 Å². The predicted molar refractivity (Wildman–Crippen MR) is 165 cm³/mol. The number of rotatable bonds is 11. The molecule has 1 atom stereocenters. The zero-order valence-corrected chi connectivity index (χ0v) is 23.6. The standard InChI is InChI=1S/C33H31N3O4S/c1-3-40-30-20-11-10-19-28(30)35-31(37)23(2)41-27-18-12-17-26(22-27)34-33(39)29(21-24-13-6-4-7-14-24)36-32(38)25-15-8-5-9-16-25/h4-23H,3H2,1-2H3,(H,34,39)(H,35,37)(H,36,38)/b29-21-. The highest BCUT2D eigenvalue weighted by molar-refractivity contribution is 8.00. The molecule has 0 bridgehead atoms. The van der Waals surface area contributed by atoms with Crippen LogP contribution in [0.25, 0.3) is 6.08 Å². The number of nitrogens with one attached hydrogen (secondary N) is 3. The Balaban J connectivity index is 1.45. The lowest BCUT2D eigenvalue weighted by Gasteiger charge is -2.15. The third kappa shape index (κ3) is 8.58. The van der Waals surface area contributed by atoms with Crippen LogP contribution in [-0.4, -0.2) is 29.6 Å². The molecule has 4 aromatic rings. The molecule has 1 unspecified atom stereocenters. The summed E-state index contributed by atoms with van der Waals surface area (Å²) in [5.41, 5.74) is 2.45. The molecule has 0 aliphatic heterocycles. The molecule has 3 amide bonds. The Hall–Kier alpha value is -4.82. The van der Waals surface area contributed by atoms with Gasteiger partial charge in [-0.15, -0.1) is 11.8 Å². The van der Waals surface area contributed by atoms with E-state index in [9.17, 15) is 14.4 Å². The van der Waals surface area contributed by atoms with Gasteiger partial charge in [0.05, 0.1) is 17.5 Å². The first-order chi connectivity index (χ1) is 19.9. The van der Waals surface area contributed by atoms with E-state index in [1.165, 1.54) is 11.8 Å². The molecular formula is C33H31N3O4S. The largest absolute Gasteiger partial charge is 0.492 e. The van der Waals surface area contributed by atoms with Crippen LogP contribution in [-0.2, 0) is 9.59 Å². The van der Waals surface area contributed by atoms with Crippen LogP contribution in [0.15, 0.2) is 120 Å². The summed E-state index contributed by atoms with van der Waals surface area (Å²) < 4.78 is 5.60. The number of benzene rings is 4. The smallest absolute Gasteiger partial charge is 0.272 e. The van der Waals surface area contributed by atoms with Gasteiger partial charge >= 0.3 is 0 Å². The molecule has 0 spiro atoms. The lowest BCUT2D eigenvalue weighted by Crippen LogP contribution is -2.30. The number of carbonyl (C=O) groups excluding carboxylic acids is 3. The van der Waals surface area contributed by atoms with Crippen LogP contribution in [0.2, 0.25) is 0 Å². The Labute approximate surface area is 244 Å². The van der Waals surface area contributed by atoms with E-state index >= 15 is 0 Å². The second kappa shape index (κ2) is 14.5. The summed E-state index contributed by atoms with van der Waals surface area (Å²) in [7, 11) is 0. The Morgan fingerprint density at radius 2 is 1.51 bits per heavy atom. The van der Waals surface area contributed by atoms with Crippen LogP contribution >= 0.6 is 11.8 Å². The number of hydrogen-bond acceptors (Lipinski definition) is 5. The Kier molecular flexibility index (Phi) is 10.3. The summed E-state index contributed by atoms with van der Waals surface area (Å²) in [6, 6.07) is 32.5. The summed E-state index contributed by atoms with van der Waals surface area (Å²) in [6.45, 7) is 4.20. The third-order valence-corrected chi connectivity index (χ3v) is 6.95. The predicted octanol–water partition coefficient (Wildman–Crippen LogP) is 6.61. The number of carbonyl (C=O) groups is 3. The van der Waals surface area contributed by atoms with Crippen molar-refractivity contribution in [2.45, 2.75) is 24.0 Å². The summed E-state index contributed by atoms with van der Waals surface area (Å²) >= 11 is 1.36. The van der Waals surface area contributed by atoms with Gasteiger partial charge in [0.25, 0.3) is 11.8 Å². The minimum Gasteiger partial charge on any atom is -0.492 e. The van der Waals surface area contributed by atoms with Gasteiger partial charge in [0.15, 0.2) is 0 Å². The molecule has 0 aliphatic rings. The number of hydrogen-bond donors (Lipinski definition) is 3. The highest BCUT2D eigenvalue weighted by atomic mass is 32.2. The molecule has 208 valence electrons. The van der Waals surface area contributed by atoms with Crippen molar-refractivity contribution in [3.05, 3.63) is 126 Å². The quantitative estimate of drug-likeness (QED) is 0.140. The van der Waals surface area contributed by atoms with Crippen molar-refractivity contribution < 1.29 is 19.1 Å². The lowest BCUT2D eigenvalue weighted by atomic mass is 10.1. The van der Waals surface area contributed by atoms with E-state index in [0.29, 0.717) is 29.3 Å². The first kappa shape index (κ1) is 29.2. The number of ether oxygens (including phenoxy) is 1. The molecule has 0 saturated carbocycles. The normalized spacial score (nSPS) is 11.7. The molecule has 0 saturated heterocycles. The van der Waals surface area contributed by atoms with E-state index in [2.05, 4.69) is 16.0 Å². The average molecular weight is 566 g/mol. The van der Waals surface area contributed by atoms with E-state index in [1.54, 1.807) is 54.6 Å². The molecule has 0 aliphatic carbocycles. The number of amides is 3. The molecule has 3 N–H and O–H groups in total. The summed E-state index contributed by atoms with van der Waals surface area (Å²) in [6.07, 6.45) is 1.63. The molecule has 0 radical (unpaired) electrons. The van der Waals surface area contributed by atoms with E-state index in [-0.39, 0.29) is 11.6 Å². The van der Waals surface area contributed by atoms with E-state index in [4.69, 9.17) is 4.74 Å². The van der Waals surface area contributed by atoms with Crippen molar-refractivity contribution in [2.75, 3.05) is 17.2 Å². The molecule has 7 nitrogen and oxygen atoms in total. The monoisotopic (exact) mass is 565 g/mol. The molecule has 0 fully saturated rings. The Bertz CT molecular complexity index is 1520. The topological polar surface area (TPSA) is 96.5 Å². The van der Waals surface area contributed by atoms with Gasteiger partial charge in [-0.3, -0.25) is 14.4 Å². The first-order valence-corrected chi connectivity index (χ1v) is 14.0. The van der Waals surface area contributed by atoms with Crippen LogP contribution in [0.4, 0.5) is 11.4 Å². The van der Waals surface area contributed by atoms with Gasteiger partial charge in [-0.2, -0.15) is 0 Å². The molecule has 0 heterocycles. The van der Waals surface area contributed by atoms with Crippen molar-refractivity contribution in [2.24, 2.45) is 0 Å². The second-order valence-corrected chi connectivity index (χ2v) is 10.4. The fraction of sp³-hybridized carbons (Fsp3) is 0.121. The van der Waals surface area contributed by atoms with Crippen LogP contribution in [0.1, 0.15) is 29.8 Å². The molecule has 0 aromatic heterocycles.